The van der Waals surface area contributed by atoms with Crippen LogP contribution in [0.2, 0.25) is 0 Å². The van der Waals surface area contributed by atoms with Crippen LogP contribution in [0.25, 0.3) is 0 Å². The third-order valence-electron chi connectivity index (χ3n) is 0.560. The highest BCUT2D eigenvalue weighted by atomic mass is 19.4. The van der Waals surface area contributed by atoms with Gasteiger partial charge in [0.1, 0.15) is 0 Å². The molecule has 0 bridgehead atoms. The maximum Gasteiger partial charge on any atom is 0.558 e. The Kier molecular flexibility index (Phi) is 3.06. The lowest BCUT2D eigenvalue weighted by atomic mass is 10.4. The summed E-state index contributed by atoms with van der Waals surface area (Å²) in [5, 5.41) is 0. The van der Waals surface area contributed by atoms with Gasteiger partial charge in [-0.15, -0.1) is 13.2 Å². The van der Waals surface area contributed by atoms with Crippen molar-refractivity contribution in [3.63, 3.8) is 0 Å². The molecule has 0 radical (unpaired) electrons. The third kappa shape index (κ3) is 5.41. The van der Waals surface area contributed by atoms with E-state index in [4.69, 9.17) is 0 Å². The lowest BCUT2D eigenvalue weighted by Gasteiger charge is -2.04. The fourth-order valence-corrected chi connectivity index (χ4v) is 0.156. The molecule has 0 rings (SSSR count). The molecule has 0 aromatic rings. The Balaban J connectivity index is 3.73. The zero-order valence-corrected chi connectivity index (χ0v) is 5.57. The van der Waals surface area contributed by atoms with Crippen molar-refractivity contribution in [2.24, 2.45) is 0 Å². The van der Waals surface area contributed by atoms with Crippen LogP contribution in [0.4, 0.5) is 13.2 Å². The number of hydrogen-bond acceptors (Lipinski definition) is 3. The van der Waals surface area contributed by atoms with E-state index in [9.17, 15) is 18.0 Å². The molecule has 0 amide bonds. The van der Waals surface area contributed by atoms with Gasteiger partial charge < -0.3 is 0 Å². The van der Waals surface area contributed by atoms with Crippen LogP contribution < -0.4 is 0 Å². The molecule has 0 aliphatic heterocycles. The fourth-order valence-electron chi connectivity index (χ4n) is 0.156. The van der Waals surface area contributed by atoms with Gasteiger partial charge >= 0.3 is 12.3 Å². The van der Waals surface area contributed by atoms with E-state index in [0.29, 0.717) is 0 Å². The third-order valence-corrected chi connectivity index (χ3v) is 0.560. The standard InChI is InChI=1S/C5H5F3O3/c1-3(2)4(9)10-11-5(6,7)8/h1H2,2H3. The lowest BCUT2D eigenvalue weighted by Crippen LogP contribution is -2.17. The molecule has 0 aromatic carbocycles. The van der Waals surface area contributed by atoms with E-state index >= 15 is 0 Å². The van der Waals surface area contributed by atoms with Crippen molar-refractivity contribution in [2.75, 3.05) is 0 Å². The van der Waals surface area contributed by atoms with Gasteiger partial charge in [-0.1, -0.05) is 11.5 Å². The Morgan fingerprint density at radius 3 is 2.18 bits per heavy atom. The van der Waals surface area contributed by atoms with Crippen LogP contribution in [-0.2, 0) is 14.6 Å². The molecular weight excluding hydrogens is 165 g/mol. The summed E-state index contributed by atoms with van der Waals surface area (Å²) in [6, 6.07) is 0. The summed E-state index contributed by atoms with van der Waals surface area (Å²) in [5.41, 5.74) is -0.172. The van der Waals surface area contributed by atoms with Crippen molar-refractivity contribution >= 4 is 5.97 Å². The van der Waals surface area contributed by atoms with Crippen LogP contribution in [0.1, 0.15) is 6.92 Å². The summed E-state index contributed by atoms with van der Waals surface area (Å²) < 4.78 is 33.5. The van der Waals surface area contributed by atoms with Crippen molar-refractivity contribution in [3.05, 3.63) is 12.2 Å². The number of carbonyl (C=O) groups is 1. The van der Waals surface area contributed by atoms with E-state index in [1.54, 1.807) is 0 Å². The molecule has 0 aliphatic rings. The lowest BCUT2D eigenvalue weighted by molar-refractivity contribution is -0.461. The van der Waals surface area contributed by atoms with E-state index in [-0.39, 0.29) is 5.57 Å². The van der Waals surface area contributed by atoms with Crippen molar-refractivity contribution < 1.29 is 27.7 Å². The summed E-state index contributed by atoms with van der Waals surface area (Å²) in [7, 11) is 0. The maximum absolute atomic E-state index is 11.2. The zero-order valence-electron chi connectivity index (χ0n) is 5.57. The minimum atomic E-state index is -4.97. The van der Waals surface area contributed by atoms with Gasteiger partial charge in [-0.25, -0.2) is 4.79 Å². The molecule has 0 saturated heterocycles. The average Bonchev–Trinajstić information content (AvgIpc) is 1.80. The van der Waals surface area contributed by atoms with Gasteiger partial charge in [0.2, 0.25) is 0 Å². The SMILES string of the molecule is C=C(C)C(=O)OOC(F)(F)F. The summed E-state index contributed by atoms with van der Waals surface area (Å²) in [5.74, 6) is -1.25. The molecule has 0 aromatic heterocycles. The summed E-state index contributed by atoms with van der Waals surface area (Å²) in [6.45, 7) is 4.23. The second-order valence-corrected chi connectivity index (χ2v) is 1.68. The first-order valence-electron chi connectivity index (χ1n) is 2.45. The molecular formula is C5H5F3O3. The molecule has 3 nitrogen and oxygen atoms in total. The minimum Gasteiger partial charge on any atom is -0.285 e. The molecule has 11 heavy (non-hydrogen) atoms. The molecule has 64 valence electrons. The summed E-state index contributed by atoms with van der Waals surface area (Å²) in [4.78, 5) is 16.3. The van der Waals surface area contributed by atoms with Crippen LogP contribution in [0.3, 0.4) is 0 Å². The molecule has 0 fully saturated rings. The fraction of sp³-hybridized carbons (Fsp3) is 0.400. The molecule has 0 spiro atoms. The Morgan fingerprint density at radius 2 is 1.91 bits per heavy atom. The van der Waals surface area contributed by atoms with E-state index in [1.807, 2.05) is 0 Å². The minimum absolute atomic E-state index is 0.172. The van der Waals surface area contributed by atoms with Crippen LogP contribution in [0.15, 0.2) is 12.2 Å². The van der Waals surface area contributed by atoms with E-state index < -0.39 is 12.3 Å². The van der Waals surface area contributed by atoms with Gasteiger partial charge in [-0.3, -0.25) is 4.89 Å². The highest BCUT2D eigenvalue weighted by Gasteiger charge is 2.33. The molecule has 0 aliphatic carbocycles. The quantitative estimate of drug-likeness (QED) is 0.358. The van der Waals surface area contributed by atoms with Gasteiger partial charge in [0.25, 0.3) is 0 Å². The molecule has 0 saturated carbocycles. The van der Waals surface area contributed by atoms with Gasteiger partial charge in [0.05, 0.1) is 0 Å². The first kappa shape index (κ1) is 9.96. The van der Waals surface area contributed by atoms with Crippen molar-refractivity contribution in [1.82, 2.24) is 0 Å². The van der Waals surface area contributed by atoms with Gasteiger partial charge in [-0.2, -0.15) is 0 Å². The Morgan fingerprint density at radius 1 is 1.45 bits per heavy atom. The first-order valence-corrected chi connectivity index (χ1v) is 2.45. The highest BCUT2D eigenvalue weighted by molar-refractivity contribution is 5.86. The Bertz CT molecular complexity index is 172. The number of halogens is 3. The molecule has 6 heteroatoms. The van der Waals surface area contributed by atoms with Gasteiger partial charge in [0, 0.05) is 5.57 Å². The predicted octanol–water partition coefficient (Wildman–Crippen LogP) is 1.56. The maximum atomic E-state index is 11.2. The van der Waals surface area contributed by atoms with Crippen LogP contribution in [-0.4, -0.2) is 12.3 Å². The second kappa shape index (κ2) is 3.38. The highest BCUT2D eigenvalue weighted by Crippen LogP contribution is 2.16. The van der Waals surface area contributed by atoms with Crippen LogP contribution >= 0.6 is 0 Å². The van der Waals surface area contributed by atoms with Crippen molar-refractivity contribution in [1.29, 1.82) is 0 Å². The first-order chi connectivity index (χ1) is 4.83. The van der Waals surface area contributed by atoms with Crippen LogP contribution in [0, 0.1) is 0 Å². The largest absolute Gasteiger partial charge is 0.558 e. The van der Waals surface area contributed by atoms with E-state index in [1.165, 1.54) is 6.92 Å². The van der Waals surface area contributed by atoms with Crippen molar-refractivity contribution in [3.8, 4) is 0 Å². The second-order valence-electron chi connectivity index (χ2n) is 1.68. The number of carbonyl (C=O) groups excluding carboxylic acids is 1. The topological polar surface area (TPSA) is 35.5 Å². The van der Waals surface area contributed by atoms with E-state index in [2.05, 4.69) is 16.4 Å². The summed E-state index contributed by atoms with van der Waals surface area (Å²) in [6.07, 6.45) is -4.97. The Hall–Kier alpha value is -1.04. The predicted molar refractivity (Wildman–Crippen MR) is 28.0 cm³/mol. The monoisotopic (exact) mass is 170 g/mol. The molecule has 0 atom stereocenters. The van der Waals surface area contributed by atoms with E-state index in [0.717, 1.165) is 0 Å². The number of rotatable bonds is 2. The zero-order chi connectivity index (χ0) is 9.07. The smallest absolute Gasteiger partial charge is 0.285 e. The number of alkyl halides is 3. The molecule has 0 unspecified atom stereocenters. The average molecular weight is 170 g/mol. The summed E-state index contributed by atoms with van der Waals surface area (Å²) >= 11 is 0. The number of hydrogen-bond donors (Lipinski definition) is 0. The molecule has 0 N–H and O–H groups in total. The van der Waals surface area contributed by atoms with Gasteiger partial charge in [-0.05, 0) is 6.92 Å². The van der Waals surface area contributed by atoms with Gasteiger partial charge in [0.15, 0.2) is 0 Å². The Labute approximate surface area is 60.3 Å². The normalized spacial score (nSPS) is 10.9. The van der Waals surface area contributed by atoms with Crippen LogP contribution in [0.5, 0.6) is 0 Å². The van der Waals surface area contributed by atoms with Crippen molar-refractivity contribution in [2.45, 2.75) is 13.3 Å². The molecule has 0 heterocycles.